The molecule has 0 saturated carbocycles. The Hall–Kier alpha value is -0.0900. The first-order valence-electron chi connectivity index (χ1n) is 3.44. The SMILES string of the molecule is CC(C)(C)n1nc(Br)c(F)c1Cl. The summed E-state index contributed by atoms with van der Waals surface area (Å²) < 4.78 is 14.6. The lowest BCUT2D eigenvalue weighted by Gasteiger charge is -2.19. The molecule has 2 nitrogen and oxygen atoms in total. The van der Waals surface area contributed by atoms with Gasteiger partial charge in [-0.3, -0.25) is 0 Å². The second kappa shape index (κ2) is 3.00. The van der Waals surface area contributed by atoms with Crippen LogP contribution in [0.2, 0.25) is 5.15 Å². The first-order valence-corrected chi connectivity index (χ1v) is 4.61. The minimum Gasteiger partial charge on any atom is -0.245 e. The average Bonchev–Trinajstić information content (AvgIpc) is 2.15. The fraction of sp³-hybridized carbons (Fsp3) is 0.571. The van der Waals surface area contributed by atoms with Gasteiger partial charge in [-0.1, -0.05) is 11.6 Å². The fourth-order valence-electron chi connectivity index (χ4n) is 0.798. The molecular weight excluding hydrogens is 246 g/mol. The lowest BCUT2D eigenvalue weighted by molar-refractivity contribution is 0.353. The van der Waals surface area contributed by atoms with Gasteiger partial charge in [-0.2, -0.15) is 5.10 Å². The molecule has 0 aliphatic carbocycles. The van der Waals surface area contributed by atoms with Gasteiger partial charge < -0.3 is 0 Å². The van der Waals surface area contributed by atoms with Gasteiger partial charge in [0.1, 0.15) is 0 Å². The highest BCUT2D eigenvalue weighted by Crippen LogP contribution is 2.27. The quantitative estimate of drug-likeness (QED) is 0.696. The minimum atomic E-state index is -0.508. The highest BCUT2D eigenvalue weighted by Gasteiger charge is 2.22. The lowest BCUT2D eigenvalue weighted by Crippen LogP contribution is -2.23. The van der Waals surface area contributed by atoms with E-state index < -0.39 is 5.82 Å². The largest absolute Gasteiger partial charge is 0.245 e. The van der Waals surface area contributed by atoms with Crippen LogP contribution in [0.15, 0.2) is 4.60 Å². The molecule has 1 heterocycles. The Bertz CT molecular complexity index is 303. The van der Waals surface area contributed by atoms with E-state index in [1.165, 1.54) is 4.68 Å². The van der Waals surface area contributed by atoms with Crippen LogP contribution in [0.25, 0.3) is 0 Å². The monoisotopic (exact) mass is 254 g/mol. The van der Waals surface area contributed by atoms with Gasteiger partial charge in [-0.05, 0) is 36.7 Å². The van der Waals surface area contributed by atoms with E-state index in [1.807, 2.05) is 20.8 Å². The van der Waals surface area contributed by atoms with Gasteiger partial charge in [0.2, 0.25) is 0 Å². The first-order chi connectivity index (χ1) is 5.34. The first kappa shape index (κ1) is 9.99. The van der Waals surface area contributed by atoms with E-state index in [0.29, 0.717) is 0 Å². The standard InChI is InChI=1S/C7H9BrClFN2/c1-7(2,3)12-6(9)4(10)5(8)11-12/h1-3H3. The molecule has 1 aromatic rings. The zero-order valence-corrected chi connectivity index (χ0v) is 9.37. The molecule has 0 amide bonds. The van der Waals surface area contributed by atoms with Crippen LogP contribution in [-0.4, -0.2) is 9.78 Å². The van der Waals surface area contributed by atoms with Crippen molar-refractivity contribution in [3.63, 3.8) is 0 Å². The second-order valence-corrected chi connectivity index (χ2v) is 4.59. The zero-order chi connectivity index (χ0) is 9.52. The van der Waals surface area contributed by atoms with Crippen LogP contribution >= 0.6 is 27.5 Å². The molecule has 0 unspecified atom stereocenters. The molecule has 0 bridgehead atoms. The van der Waals surface area contributed by atoms with Crippen molar-refractivity contribution >= 4 is 27.5 Å². The third-order valence-electron chi connectivity index (χ3n) is 1.37. The van der Waals surface area contributed by atoms with Crippen LogP contribution < -0.4 is 0 Å². The third kappa shape index (κ3) is 1.64. The highest BCUT2D eigenvalue weighted by atomic mass is 79.9. The summed E-state index contributed by atoms with van der Waals surface area (Å²) in [6, 6.07) is 0. The van der Waals surface area contributed by atoms with Gasteiger partial charge in [-0.15, -0.1) is 0 Å². The number of rotatable bonds is 0. The van der Waals surface area contributed by atoms with Gasteiger partial charge >= 0.3 is 0 Å². The van der Waals surface area contributed by atoms with Crippen molar-refractivity contribution in [3.8, 4) is 0 Å². The molecule has 0 atom stereocenters. The number of hydrogen-bond acceptors (Lipinski definition) is 1. The van der Waals surface area contributed by atoms with E-state index in [2.05, 4.69) is 21.0 Å². The number of aromatic nitrogens is 2. The number of halogens is 3. The maximum Gasteiger partial charge on any atom is 0.194 e. The van der Waals surface area contributed by atoms with Gasteiger partial charge in [-0.25, -0.2) is 9.07 Å². The van der Waals surface area contributed by atoms with Crippen molar-refractivity contribution in [2.75, 3.05) is 0 Å². The topological polar surface area (TPSA) is 17.8 Å². The Labute approximate surface area is 83.8 Å². The molecule has 12 heavy (non-hydrogen) atoms. The van der Waals surface area contributed by atoms with Gasteiger partial charge in [0.05, 0.1) is 5.54 Å². The van der Waals surface area contributed by atoms with E-state index in [0.717, 1.165) is 0 Å². The molecule has 0 aliphatic heterocycles. The fourth-order valence-corrected chi connectivity index (χ4v) is 1.64. The molecule has 0 aromatic carbocycles. The molecule has 0 spiro atoms. The van der Waals surface area contributed by atoms with Crippen LogP contribution in [0.5, 0.6) is 0 Å². The molecule has 68 valence electrons. The normalized spacial score (nSPS) is 12.2. The molecule has 0 N–H and O–H groups in total. The number of nitrogens with zero attached hydrogens (tertiary/aromatic N) is 2. The maximum absolute atomic E-state index is 13.0. The lowest BCUT2D eigenvalue weighted by atomic mass is 10.1. The van der Waals surface area contributed by atoms with E-state index >= 15 is 0 Å². The van der Waals surface area contributed by atoms with Gasteiger partial charge in [0.25, 0.3) is 0 Å². The van der Waals surface area contributed by atoms with Crippen molar-refractivity contribution in [2.24, 2.45) is 0 Å². The summed E-state index contributed by atoms with van der Waals surface area (Å²) in [5.74, 6) is -0.508. The Morgan fingerprint density at radius 3 is 2.17 bits per heavy atom. The Morgan fingerprint density at radius 2 is 2.00 bits per heavy atom. The predicted molar refractivity (Wildman–Crippen MR) is 49.9 cm³/mol. The summed E-state index contributed by atoms with van der Waals surface area (Å²) >= 11 is 8.66. The van der Waals surface area contributed by atoms with Crippen molar-refractivity contribution in [3.05, 3.63) is 15.6 Å². The Balaban J connectivity index is 3.28. The van der Waals surface area contributed by atoms with Crippen LogP contribution in [0.3, 0.4) is 0 Å². The molecule has 0 aliphatic rings. The van der Waals surface area contributed by atoms with Crippen LogP contribution in [-0.2, 0) is 5.54 Å². The predicted octanol–water partition coefficient (Wildman–Crippen LogP) is 3.19. The molecule has 1 aromatic heterocycles. The van der Waals surface area contributed by atoms with E-state index in [4.69, 9.17) is 11.6 Å². The van der Waals surface area contributed by atoms with Crippen LogP contribution in [0, 0.1) is 5.82 Å². The summed E-state index contributed by atoms with van der Waals surface area (Å²) in [6.45, 7) is 5.70. The van der Waals surface area contributed by atoms with Crippen LogP contribution in [0.1, 0.15) is 20.8 Å². The third-order valence-corrected chi connectivity index (χ3v) is 2.20. The summed E-state index contributed by atoms with van der Waals surface area (Å²) in [5.41, 5.74) is -0.302. The summed E-state index contributed by atoms with van der Waals surface area (Å²) in [7, 11) is 0. The molecule has 0 fully saturated rings. The van der Waals surface area contributed by atoms with Crippen molar-refractivity contribution in [1.82, 2.24) is 9.78 Å². The average molecular weight is 256 g/mol. The van der Waals surface area contributed by atoms with Crippen molar-refractivity contribution in [1.29, 1.82) is 0 Å². The smallest absolute Gasteiger partial charge is 0.194 e. The van der Waals surface area contributed by atoms with E-state index in [1.54, 1.807) is 0 Å². The Morgan fingerprint density at radius 1 is 1.50 bits per heavy atom. The maximum atomic E-state index is 13.0. The summed E-state index contributed by atoms with van der Waals surface area (Å²) in [4.78, 5) is 0. The van der Waals surface area contributed by atoms with Crippen molar-refractivity contribution < 1.29 is 4.39 Å². The van der Waals surface area contributed by atoms with Crippen LogP contribution in [0.4, 0.5) is 4.39 Å². The zero-order valence-electron chi connectivity index (χ0n) is 7.03. The second-order valence-electron chi connectivity index (χ2n) is 3.48. The van der Waals surface area contributed by atoms with Crippen molar-refractivity contribution in [2.45, 2.75) is 26.3 Å². The molecular formula is C7H9BrClFN2. The molecule has 0 radical (unpaired) electrons. The Kier molecular flexibility index (Phi) is 2.50. The van der Waals surface area contributed by atoms with Gasteiger partial charge in [0.15, 0.2) is 15.6 Å². The highest BCUT2D eigenvalue weighted by molar-refractivity contribution is 9.10. The number of hydrogen-bond donors (Lipinski definition) is 0. The molecule has 1 rings (SSSR count). The summed E-state index contributed by atoms with van der Waals surface area (Å²) in [5, 5.41) is 3.94. The van der Waals surface area contributed by atoms with Gasteiger partial charge in [0, 0.05) is 0 Å². The van der Waals surface area contributed by atoms with E-state index in [-0.39, 0.29) is 15.3 Å². The molecule has 5 heteroatoms. The van der Waals surface area contributed by atoms with E-state index in [9.17, 15) is 4.39 Å². The summed E-state index contributed by atoms with van der Waals surface area (Å²) in [6.07, 6.45) is 0. The minimum absolute atomic E-state index is 0.0365. The molecule has 0 saturated heterocycles.